The lowest BCUT2D eigenvalue weighted by atomic mass is 10.1. The maximum atomic E-state index is 12.3. The van der Waals surface area contributed by atoms with Gasteiger partial charge in [0.2, 0.25) is 5.91 Å². The van der Waals surface area contributed by atoms with E-state index >= 15 is 0 Å². The molecule has 1 heterocycles. The minimum atomic E-state index is 0.0323. The summed E-state index contributed by atoms with van der Waals surface area (Å²) in [4.78, 5) is 16.9. The van der Waals surface area contributed by atoms with Crippen LogP contribution in [0.4, 0.5) is 5.69 Å². The van der Waals surface area contributed by atoms with E-state index in [0.717, 1.165) is 59.0 Å². The van der Waals surface area contributed by atoms with Crippen LogP contribution >= 0.6 is 22.6 Å². The molecule has 1 saturated heterocycles. The third kappa shape index (κ3) is 5.83. The van der Waals surface area contributed by atoms with E-state index in [1.807, 2.05) is 42.5 Å². The van der Waals surface area contributed by atoms with Crippen LogP contribution in [-0.4, -0.2) is 62.7 Å². The molecule has 1 N–H and O–H groups in total. The monoisotopic (exact) mass is 495 g/mol. The van der Waals surface area contributed by atoms with Gasteiger partial charge in [0.1, 0.15) is 11.5 Å². The number of carbonyl (C=O) groups is 1. The first-order valence-corrected chi connectivity index (χ1v) is 10.4. The smallest absolute Gasteiger partial charge is 0.238 e. The number of methoxy groups -OCH3 is 2. The van der Waals surface area contributed by atoms with Gasteiger partial charge in [-0.15, -0.1) is 0 Å². The predicted octanol–water partition coefficient (Wildman–Crippen LogP) is 3.06. The number of nitrogens with one attached hydrogen (secondary N) is 1. The number of nitrogens with zero attached hydrogens (tertiary/aromatic N) is 2. The average molecular weight is 495 g/mol. The van der Waals surface area contributed by atoms with Crippen molar-refractivity contribution in [2.75, 3.05) is 52.3 Å². The highest BCUT2D eigenvalue weighted by Crippen LogP contribution is 2.25. The fourth-order valence-electron chi connectivity index (χ4n) is 3.32. The SMILES string of the molecule is COc1ccc(OC)c(CN2CCN(CC(=O)Nc3cccc(I)c3)CC2)c1. The fourth-order valence-corrected chi connectivity index (χ4v) is 3.86. The molecule has 1 aliphatic rings. The van der Waals surface area contributed by atoms with Crippen molar-refractivity contribution in [2.24, 2.45) is 0 Å². The molecule has 7 heteroatoms. The van der Waals surface area contributed by atoms with Crippen LogP contribution < -0.4 is 14.8 Å². The first-order chi connectivity index (χ1) is 13.6. The number of hydrogen-bond donors (Lipinski definition) is 1. The van der Waals surface area contributed by atoms with Gasteiger partial charge in [-0.05, 0) is 59.0 Å². The van der Waals surface area contributed by atoms with Crippen LogP contribution in [0.1, 0.15) is 5.56 Å². The Labute approximate surface area is 179 Å². The Balaban J connectivity index is 1.49. The van der Waals surface area contributed by atoms with Gasteiger partial charge >= 0.3 is 0 Å². The number of amides is 1. The van der Waals surface area contributed by atoms with Crippen molar-refractivity contribution >= 4 is 34.2 Å². The molecular formula is C21H26IN3O3. The van der Waals surface area contributed by atoms with Gasteiger partial charge in [-0.25, -0.2) is 0 Å². The minimum absolute atomic E-state index is 0.0323. The van der Waals surface area contributed by atoms with Gasteiger partial charge in [0, 0.05) is 47.5 Å². The molecule has 0 saturated carbocycles. The van der Waals surface area contributed by atoms with Crippen molar-refractivity contribution in [3.05, 3.63) is 51.6 Å². The lowest BCUT2D eigenvalue weighted by molar-refractivity contribution is -0.117. The summed E-state index contributed by atoms with van der Waals surface area (Å²) >= 11 is 2.24. The summed E-state index contributed by atoms with van der Waals surface area (Å²) in [6.07, 6.45) is 0. The number of benzene rings is 2. The Hall–Kier alpha value is -1.84. The molecule has 1 amide bonds. The quantitative estimate of drug-likeness (QED) is 0.599. The second-order valence-corrected chi connectivity index (χ2v) is 8.03. The number of carbonyl (C=O) groups excluding carboxylic acids is 1. The standard InChI is InChI=1S/C21H26IN3O3/c1-27-19-6-7-20(28-2)16(12-19)14-24-8-10-25(11-9-24)15-21(26)23-18-5-3-4-17(22)13-18/h3-7,12-13H,8-11,14-15H2,1-2H3,(H,23,26). The largest absolute Gasteiger partial charge is 0.497 e. The van der Waals surface area contributed by atoms with Crippen molar-refractivity contribution in [1.29, 1.82) is 0 Å². The van der Waals surface area contributed by atoms with Crippen molar-refractivity contribution in [3.63, 3.8) is 0 Å². The lowest BCUT2D eigenvalue weighted by Crippen LogP contribution is -2.48. The summed E-state index contributed by atoms with van der Waals surface area (Å²) in [6, 6.07) is 13.7. The first kappa shape index (κ1) is 20.9. The van der Waals surface area contributed by atoms with Crippen molar-refractivity contribution < 1.29 is 14.3 Å². The number of hydrogen-bond acceptors (Lipinski definition) is 5. The Morgan fingerprint density at radius 2 is 1.79 bits per heavy atom. The number of halogens is 1. The highest BCUT2D eigenvalue weighted by molar-refractivity contribution is 14.1. The molecular weight excluding hydrogens is 469 g/mol. The summed E-state index contributed by atoms with van der Waals surface area (Å²) in [5, 5.41) is 2.98. The molecule has 1 aliphatic heterocycles. The van der Waals surface area contributed by atoms with Crippen molar-refractivity contribution in [2.45, 2.75) is 6.54 Å². The molecule has 6 nitrogen and oxygen atoms in total. The van der Waals surface area contributed by atoms with E-state index in [9.17, 15) is 4.79 Å². The summed E-state index contributed by atoms with van der Waals surface area (Å²) < 4.78 is 11.9. The molecule has 0 bridgehead atoms. The zero-order valence-electron chi connectivity index (χ0n) is 16.3. The number of anilines is 1. The number of rotatable bonds is 7. The van der Waals surface area contributed by atoms with Gasteiger partial charge in [0.15, 0.2) is 0 Å². The first-order valence-electron chi connectivity index (χ1n) is 9.28. The minimum Gasteiger partial charge on any atom is -0.497 e. The molecule has 0 radical (unpaired) electrons. The van der Waals surface area contributed by atoms with Crippen LogP contribution in [0.2, 0.25) is 0 Å². The van der Waals surface area contributed by atoms with Gasteiger partial charge in [-0.1, -0.05) is 6.07 Å². The molecule has 3 rings (SSSR count). The second kappa shape index (κ2) is 10.1. The summed E-state index contributed by atoms with van der Waals surface area (Å²) in [5.74, 6) is 1.74. The maximum absolute atomic E-state index is 12.3. The lowest BCUT2D eigenvalue weighted by Gasteiger charge is -2.34. The molecule has 0 aromatic heterocycles. The van der Waals surface area contributed by atoms with E-state index < -0.39 is 0 Å². The Morgan fingerprint density at radius 1 is 1.04 bits per heavy atom. The predicted molar refractivity (Wildman–Crippen MR) is 119 cm³/mol. The Kier molecular flexibility index (Phi) is 7.52. The molecule has 1 fully saturated rings. The van der Waals surface area contributed by atoms with Crippen LogP contribution in [-0.2, 0) is 11.3 Å². The third-order valence-corrected chi connectivity index (χ3v) is 5.49. The Morgan fingerprint density at radius 3 is 2.46 bits per heavy atom. The van der Waals surface area contributed by atoms with Gasteiger partial charge in [-0.2, -0.15) is 0 Å². The summed E-state index contributed by atoms with van der Waals surface area (Å²) in [7, 11) is 3.36. The highest BCUT2D eigenvalue weighted by atomic mass is 127. The van der Waals surface area contributed by atoms with Crippen LogP contribution in [0.25, 0.3) is 0 Å². The van der Waals surface area contributed by atoms with Crippen molar-refractivity contribution in [1.82, 2.24) is 9.80 Å². The van der Waals surface area contributed by atoms with Gasteiger partial charge in [-0.3, -0.25) is 14.6 Å². The molecule has 28 heavy (non-hydrogen) atoms. The molecule has 0 atom stereocenters. The summed E-state index contributed by atoms with van der Waals surface area (Å²) in [5.41, 5.74) is 1.97. The van der Waals surface area contributed by atoms with E-state index in [4.69, 9.17) is 9.47 Å². The van der Waals surface area contributed by atoms with Crippen LogP contribution in [0.3, 0.4) is 0 Å². The zero-order chi connectivity index (χ0) is 19.9. The molecule has 2 aromatic carbocycles. The van der Waals surface area contributed by atoms with E-state index in [-0.39, 0.29) is 5.91 Å². The highest BCUT2D eigenvalue weighted by Gasteiger charge is 2.20. The maximum Gasteiger partial charge on any atom is 0.238 e. The van der Waals surface area contributed by atoms with Gasteiger partial charge in [0.25, 0.3) is 0 Å². The zero-order valence-corrected chi connectivity index (χ0v) is 18.4. The van der Waals surface area contributed by atoms with E-state index in [0.29, 0.717) is 6.54 Å². The third-order valence-electron chi connectivity index (χ3n) is 4.82. The number of piperazine rings is 1. The molecule has 0 aliphatic carbocycles. The van der Waals surface area contributed by atoms with Crippen LogP contribution in [0, 0.1) is 3.57 Å². The fraction of sp³-hybridized carbons (Fsp3) is 0.381. The Bertz CT molecular complexity index is 807. The second-order valence-electron chi connectivity index (χ2n) is 6.79. The molecule has 2 aromatic rings. The van der Waals surface area contributed by atoms with Crippen molar-refractivity contribution in [3.8, 4) is 11.5 Å². The van der Waals surface area contributed by atoms with E-state index in [2.05, 4.69) is 37.7 Å². The van der Waals surface area contributed by atoms with Gasteiger partial charge < -0.3 is 14.8 Å². The molecule has 0 unspecified atom stereocenters. The number of ether oxygens (including phenoxy) is 2. The molecule has 0 spiro atoms. The van der Waals surface area contributed by atoms with E-state index in [1.54, 1.807) is 14.2 Å². The van der Waals surface area contributed by atoms with Crippen LogP contribution in [0.15, 0.2) is 42.5 Å². The topological polar surface area (TPSA) is 54.0 Å². The average Bonchev–Trinajstić information content (AvgIpc) is 2.69. The van der Waals surface area contributed by atoms with E-state index in [1.165, 1.54) is 0 Å². The van der Waals surface area contributed by atoms with Gasteiger partial charge in [0.05, 0.1) is 20.8 Å². The summed E-state index contributed by atoms with van der Waals surface area (Å²) in [6.45, 7) is 4.79. The molecule has 150 valence electrons. The normalized spacial score (nSPS) is 15.2. The van der Waals surface area contributed by atoms with Crippen LogP contribution in [0.5, 0.6) is 11.5 Å².